The molecule has 8 fully saturated rings. The molecule has 0 aliphatic heterocycles. The molecule has 8 aliphatic carbocycles. The highest BCUT2D eigenvalue weighted by Crippen LogP contribution is 2.71. The SMILES string of the molecule is CC(=O)CC[C@@H](C)[C@H]1CCC2C3C(CC[C@@]21C)[C@@]1(C)CC[C@@H](O)CC1C[C@H]3O.CC[C@H]1[C@@H](O)C2C3CC[C@H]([C@H](C)CCC(=O)O)[C@@]3(C)CCC2[C@@]2(C)CC[C@@H](O)C[C@@H]12. The topological polar surface area (TPSA) is 135 Å². The van der Waals surface area contributed by atoms with E-state index in [9.17, 15) is 30.0 Å². The van der Waals surface area contributed by atoms with Gasteiger partial charge in [-0.05, 0) is 215 Å². The number of aliphatic hydroxyl groups excluding tert-OH is 4. The Morgan fingerprint density at radius 3 is 1.62 bits per heavy atom. The second-order valence-electron chi connectivity index (χ2n) is 23.7. The first-order chi connectivity index (χ1) is 27.3. The Morgan fingerprint density at radius 1 is 0.586 bits per heavy atom. The maximum absolute atomic E-state index is 11.7. The molecule has 7 unspecified atom stereocenters. The first-order valence-corrected chi connectivity index (χ1v) is 24.7. The summed E-state index contributed by atoms with van der Waals surface area (Å²) in [5, 5.41) is 52.8. The number of aliphatic hydroxyl groups is 4. The van der Waals surface area contributed by atoms with E-state index in [4.69, 9.17) is 5.11 Å². The third kappa shape index (κ3) is 7.62. The Kier molecular flexibility index (Phi) is 13.1. The van der Waals surface area contributed by atoms with Gasteiger partial charge in [-0.1, -0.05) is 54.9 Å². The Bertz CT molecular complexity index is 1470. The van der Waals surface area contributed by atoms with Gasteiger partial charge in [0.05, 0.1) is 24.4 Å². The summed E-state index contributed by atoms with van der Waals surface area (Å²) < 4.78 is 0. The number of aliphatic carboxylic acids is 1. The van der Waals surface area contributed by atoms with Crippen LogP contribution in [0.5, 0.6) is 0 Å². The molecular weight excluding hydrogens is 725 g/mol. The molecule has 0 saturated heterocycles. The van der Waals surface area contributed by atoms with Gasteiger partial charge in [0.25, 0.3) is 0 Å². The summed E-state index contributed by atoms with van der Waals surface area (Å²) in [5.41, 5.74) is 1.12. The predicted molar refractivity (Wildman–Crippen MR) is 230 cm³/mol. The first-order valence-electron chi connectivity index (χ1n) is 24.7. The lowest BCUT2D eigenvalue weighted by atomic mass is 9.41. The summed E-state index contributed by atoms with van der Waals surface area (Å²) >= 11 is 0. The van der Waals surface area contributed by atoms with Crippen LogP contribution in [0.25, 0.3) is 0 Å². The standard InChI is InChI=1S/C26H44O4.C25H42O3/c1-5-17-21-14-16(27)10-12-26(21,4)20-11-13-25(3)18(15(2)6-9-22(28)29)7-8-19(25)23(20)24(17)30;1-15(5-6-16(2)26)19-7-8-20-23-21(10-12-25(19,20)4)24(3)11-9-18(27)13-17(24)14-22(23)28/h15-21,23-24,27,30H,5-14H2,1-4H3,(H,28,29);15,17-23,27-28H,5-14H2,1-4H3/t15-,16-,17-,18-,19?,20?,21+,23?,24-,25-,26-;15-,17?,18-,19-,20?,21?,22-,23?,24+,25-/m11/s1. The summed E-state index contributed by atoms with van der Waals surface area (Å²) in [6.07, 6.45) is 19.6. The minimum Gasteiger partial charge on any atom is -0.481 e. The van der Waals surface area contributed by atoms with E-state index in [0.29, 0.717) is 93.5 Å². The van der Waals surface area contributed by atoms with Crippen LogP contribution in [0.1, 0.15) is 184 Å². The molecule has 5 N–H and O–H groups in total. The molecule has 58 heavy (non-hydrogen) atoms. The summed E-state index contributed by atoms with van der Waals surface area (Å²) in [5.74, 6) is 6.38. The quantitative estimate of drug-likeness (QED) is 0.157. The minimum atomic E-state index is -0.683. The number of carbonyl (C=O) groups excluding carboxylic acids is 1. The van der Waals surface area contributed by atoms with Crippen LogP contribution in [0.4, 0.5) is 0 Å². The van der Waals surface area contributed by atoms with Crippen molar-refractivity contribution in [3.8, 4) is 0 Å². The lowest BCUT2D eigenvalue weighted by Gasteiger charge is -2.64. The van der Waals surface area contributed by atoms with Crippen molar-refractivity contribution >= 4 is 11.8 Å². The minimum absolute atomic E-state index is 0.159. The zero-order chi connectivity index (χ0) is 42.1. The van der Waals surface area contributed by atoms with Gasteiger partial charge in [0.1, 0.15) is 5.78 Å². The van der Waals surface area contributed by atoms with Crippen LogP contribution in [0.3, 0.4) is 0 Å². The second-order valence-corrected chi connectivity index (χ2v) is 23.7. The Morgan fingerprint density at radius 2 is 1.07 bits per heavy atom. The van der Waals surface area contributed by atoms with Crippen LogP contribution in [-0.2, 0) is 9.59 Å². The normalized spacial score (nSPS) is 51.6. The van der Waals surface area contributed by atoms with Gasteiger partial charge in [-0.2, -0.15) is 0 Å². The summed E-state index contributed by atoms with van der Waals surface area (Å²) in [6.45, 7) is 18.5. The van der Waals surface area contributed by atoms with E-state index in [0.717, 1.165) is 70.6 Å². The van der Waals surface area contributed by atoms with Gasteiger partial charge in [-0.3, -0.25) is 4.79 Å². The average Bonchev–Trinajstić information content (AvgIpc) is 3.71. The predicted octanol–water partition coefficient (Wildman–Crippen LogP) is 10.1. The van der Waals surface area contributed by atoms with E-state index in [1.807, 2.05) is 0 Å². The maximum atomic E-state index is 11.7. The van der Waals surface area contributed by atoms with Crippen molar-refractivity contribution in [2.75, 3.05) is 0 Å². The largest absolute Gasteiger partial charge is 0.481 e. The van der Waals surface area contributed by atoms with Gasteiger partial charge >= 0.3 is 5.97 Å². The summed E-state index contributed by atoms with van der Waals surface area (Å²) in [6, 6.07) is 0. The molecule has 7 nitrogen and oxygen atoms in total. The van der Waals surface area contributed by atoms with Crippen LogP contribution in [0.2, 0.25) is 0 Å². The highest BCUT2D eigenvalue weighted by atomic mass is 16.4. The average molecular weight is 811 g/mol. The summed E-state index contributed by atoms with van der Waals surface area (Å²) in [7, 11) is 0. The number of rotatable bonds is 9. The molecule has 0 bridgehead atoms. The molecule has 332 valence electrons. The molecule has 0 radical (unpaired) electrons. The second kappa shape index (κ2) is 16.9. The van der Waals surface area contributed by atoms with Gasteiger partial charge in [0.15, 0.2) is 0 Å². The molecule has 0 amide bonds. The molecule has 8 saturated carbocycles. The molecule has 8 rings (SSSR count). The zero-order valence-corrected chi connectivity index (χ0v) is 38.0. The van der Waals surface area contributed by atoms with Crippen molar-refractivity contribution in [1.29, 1.82) is 0 Å². The molecule has 0 aromatic carbocycles. The number of carboxylic acids is 1. The lowest BCUT2D eigenvalue weighted by Crippen LogP contribution is -2.62. The van der Waals surface area contributed by atoms with E-state index in [1.165, 1.54) is 51.4 Å². The van der Waals surface area contributed by atoms with Gasteiger partial charge in [0.2, 0.25) is 0 Å². The fraction of sp³-hybridized carbons (Fsp3) is 0.961. The highest BCUT2D eigenvalue weighted by molar-refractivity contribution is 5.75. The fourth-order valence-electron chi connectivity index (χ4n) is 18.3. The third-order valence-corrected chi connectivity index (χ3v) is 21.3. The van der Waals surface area contributed by atoms with Crippen LogP contribution in [0, 0.1) is 98.6 Å². The number of carboxylic acid groups (broad SMARTS) is 1. The number of Topliss-reactive ketones (excluding diaryl/α,β-unsaturated/α-hetero) is 1. The van der Waals surface area contributed by atoms with Crippen molar-refractivity contribution < 1.29 is 35.1 Å². The van der Waals surface area contributed by atoms with E-state index >= 15 is 0 Å². The van der Waals surface area contributed by atoms with Crippen molar-refractivity contribution in [2.45, 2.75) is 208 Å². The number of hydrogen-bond acceptors (Lipinski definition) is 6. The van der Waals surface area contributed by atoms with E-state index in [1.54, 1.807) is 6.92 Å². The summed E-state index contributed by atoms with van der Waals surface area (Å²) in [4.78, 5) is 22.6. The maximum Gasteiger partial charge on any atom is 0.303 e. The Labute approximate surface area is 352 Å². The van der Waals surface area contributed by atoms with Crippen LogP contribution in [-0.4, -0.2) is 61.7 Å². The lowest BCUT2D eigenvalue weighted by molar-refractivity contribution is -0.203. The van der Waals surface area contributed by atoms with Crippen LogP contribution in [0.15, 0.2) is 0 Å². The third-order valence-electron chi connectivity index (χ3n) is 21.3. The number of hydrogen-bond donors (Lipinski definition) is 5. The van der Waals surface area contributed by atoms with Gasteiger partial charge in [-0.15, -0.1) is 0 Å². The van der Waals surface area contributed by atoms with Crippen molar-refractivity contribution in [3.63, 3.8) is 0 Å². The molecule has 21 atom stereocenters. The van der Waals surface area contributed by atoms with Crippen LogP contribution < -0.4 is 0 Å². The Hall–Kier alpha value is -1.02. The smallest absolute Gasteiger partial charge is 0.303 e. The van der Waals surface area contributed by atoms with E-state index in [-0.39, 0.29) is 41.7 Å². The number of ketones is 1. The number of carbonyl (C=O) groups is 2. The van der Waals surface area contributed by atoms with Gasteiger partial charge in [-0.25, -0.2) is 0 Å². The van der Waals surface area contributed by atoms with Crippen molar-refractivity contribution in [1.82, 2.24) is 0 Å². The van der Waals surface area contributed by atoms with Gasteiger partial charge < -0.3 is 30.3 Å². The zero-order valence-electron chi connectivity index (χ0n) is 38.0. The van der Waals surface area contributed by atoms with Crippen molar-refractivity contribution in [2.24, 2.45) is 98.6 Å². The highest BCUT2D eigenvalue weighted by Gasteiger charge is 2.66. The molecule has 8 aliphatic rings. The molecule has 0 aromatic rings. The molecular formula is C51H86O7. The monoisotopic (exact) mass is 811 g/mol. The van der Waals surface area contributed by atoms with Crippen molar-refractivity contribution in [3.05, 3.63) is 0 Å². The van der Waals surface area contributed by atoms with Crippen LogP contribution >= 0.6 is 0 Å². The first kappa shape index (κ1) is 45.0. The van der Waals surface area contributed by atoms with E-state index in [2.05, 4.69) is 48.5 Å². The Balaban J connectivity index is 0.000000177. The van der Waals surface area contributed by atoms with Gasteiger partial charge in [0, 0.05) is 12.8 Å². The molecule has 7 heteroatoms. The number of fused-ring (bicyclic) bond motifs is 10. The fourth-order valence-corrected chi connectivity index (χ4v) is 18.3. The molecule has 0 spiro atoms. The van der Waals surface area contributed by atoms with E-state index < -0.39 is 5.97 Å². The molecule has 0 heterocycles. The molecule has 0 aromatic heterocycles.